The van der Waals surface area contributed by atoms with E-state index in [1.165, 1.54) is 0 Å². The van der Waals surface area contributed by atoms with Crippen LogP contribution in [0.3, 0.4) is 0 Å². The Morgan fingerprint density at radius 2 is 2.05 bits per heavy atom. The average molecular weight is 623 g/mol. The summed E-state index contributed by atoms with van der Waals surface area (Å²) in [5, 5.41) is 20.4. The highest BCUT2D eigenvalue weighted by molar-refractivity contribution is 5.53. The third kappa shape index (κ3) is 5.89. The van der Waals surface area contributed by atoms with Crippen molar-refractivity contribution in [1.29, 1.82) is 5.26 Å². The van der Waals surface area contributed by atoms with Crippen LogP contribution in [0.15, 0.2) is 12.1 Å². The van der Waals surface area contributed by atoms with Crippen LogP contribution in [0.1, 0.15) is 67.5 Å². The number of nitrogens with zero attached hydrogens (tertiary/aromatic N) is 5. The van der Waals surface area contributed by atoms with Crippen LogP contribution in [0, 0.1) is 23.1 Å². The van der Waals surface area contributed by atoms with E-state index in [0.717, 1.165) is 25.5 Å². The van der Waals surface area contributed by atoms with E-state index >= 15 is 0 Å². The molecule has 238 valence electrons. The lowest BCUT2D eigenvalue weighted by atomic mass is 9.85. The number of ether oxygens (including phenoxy) is 2. The van der Waals surface area contributed by atoms with Crippen molar-refractivity contribution >= 4 is 11.5 Å². The van der Waals surface area contributed by atoms with Crippen molar-refractivity contribution in [3.63, 3.8) is 0 Å². The predicted octanol–water partition coefficient (Wildman–Crippen LogP) is 4.48. The molecule has 3 N–H and O–H groups in total. The summed E-state index contributed by atoms with van der Waals surface area (Å²) in [6, 6.07) is 3.83. The summed E-state index contributed by atoms with van der Waals surface area (Å²) >= 11 is 0. The summed E-state index contributed by atoms with van der Waals surface area (Å²) in [5.41, 5.74) is 2.93. The molecule has 2 aromatic rings. The fourth-order valence-corrected chi connectivity index (χ4v) is 7.57. The van der Waals surface area contributed by atoms with Gasteiger partial charge in [-0.15, -0.1) is 0 Å². The SMILES string of the molecule is C[C@@]1(O)C[C@@H](CC#N)CN(c2nc(OC[C@@]34CCCN3C[C@H](F)C4)nc3c2CO[C@H](c2cc(N)cc(F)c2C(F)(F)F)C3)C1. The minimum absolute atomic E-state index is 0.0280. The molecule has 0 aliphatic carbocycles. The fourth-order valence-electron chi connectivity index (χ4n) is 7.57. The topological polar surface area (TPSA) is 121 Å². The zero-order valence-electron chi connectivity index (χ0n) is 24.3. The third-order valence-corrected chi connectivity index (χ3v) is 9.28. The van der Waals surface area contributed by atoms with Gasteiger partial charge in [0.25, 0.3) is 0 Å². The maximum Gasteiger partial charge on any atom is 0.419 e. The lowest BCUT2D eigenvalue weighted by molar-refractivity contribution is -0.142. The molecule has 0 unspecified atom stereocenters. The molecule has 0 saturated carbocycles. The van der Waals surface area contributed by atoms with Gasteiger partial charge in [0.2, 0.25) is 0 Å². The van der Waals surface area contributed by atoms with Crippen molar-refractivity contribution in [2.45, 2.75) is 81.6 Å². The molecule has 0 radical (unpaired) electrons. The first-order chi connectivity index (χ1) is 20.8. The number of nitriles is 1. The van der Waals surface area contributed by atoms with Gasteiger partial charge in [0.05, 0.1) is 41.2 Å². The number of piperidine rings is 1. The molecule has 5 atom stereocenters. The second-order valence-corrected chi connectivity index (χ2v) is 12.9. The lowest BCUT2D eigenvalue weighted by Gasteiger charge is -2.42. The fraction of sp³-hybridized carbons (Fsp3) is 0.633. The molecule has 44 heavy (non-hydrogen) atoms. The molecule has 0 amide bonds. The number of aromatic nitrogens is 2. The van der Waals surface area contributed by atoms with Crippen LogP contribution in [0.5, 0.6) is 6.01 Å². The second kappa shape index (κ2) is 11.3. The van der Waals surface area contributed by atoms with Crippen LogP contribution in [0.2, 0.25) is 0 Å². The van der Waals surface area contributed by atoms with Crippen LogP contribution in [-0.2, 0) is 23.9 Å². The number of nitrogens with two attached hydrogens (primary N) is 1. The van der Waals surface area contributed by atoms with Crippen molar-refractivity contribution in [3.05, 3.63) is 40.3 Å². The number of nitrogen functional groups attached to an aromatic ring is 1. The van der Waals surface area contributed by atoms with E-state index in [1.54, 1.807) is 6.92 Å². The minimum Gasteiger partial charge on any atom is -0.461 e. The number of alkyl halides is 4. The van der Waals surface area contributed by atoms with Crippen molar-refractivity contribution in [1.82, 2.24) is 14.9 Å². The molecule has 0 bridgehead atoms. The largest absolute Gasteiger partial charge is 0.461 e. The number of anilines is 2. The van der Waals surface area contributed by atoms with Gasteiger partial charge < -0.3 is 25.2 Å². The molecule has 14 heteroatoms. The summed E-state index contributed by atoms with van der Waals surface area (Å²) in [6.45, 7) is 3.30. The standard InChI is InChI=1S/C30H35F5N6O3/c1-28(42)10-17(3-5-36)12-40(15-28)26-21-14-43-24(20-7-19(37)8-22(32)25(20)30(33,34)35)9-23(21)38-27(39-26)44-16-29-4-2-6-41(29)13-18(31)11-29/h7-8,17-18,24,42H,2-4,6,9-16,37H2,1H3/t17-,18-,24+,28-,29+/m1/s1. The zero-order valence-corrected chi connectivity index (χ0v) is 24.3. The van der Waals surface area contributed by atoms with Gasteiger partial charge in [-0.2, -0.15) is 28.4 Å². The number of fused-ring (bicyclic) bond motifs is 2. The smallest absolute Gasteiger partial charge is 0.419 e. The van der Waals surface area contributed by atoms with Crippen molar-refractivity contribution in [2.75, 3.05) is 43.4 Å². The second-order valence-electron chi connectivity index (χ2n) is 12.9. The van der Waals surface area contributed by atoms with E-state index in [-0.39, 0.29) is 50.2 Å². The molecule has 1 aromatic heterocycles. The van der Waals surface area contributed by atoms with Gasteiger partial charge in [-0.25, -0.2) is 8.78 Å². The number of hydrogen-bond acceptors (Lipinski definition) is 9. The van der Waals surface area contributed by atoms with Gasteiger partial charge in [-0.3, -0.25) is 4.90 Å². The minimum atomic E-state index is -4.99. The third-order valence-electron chi connectivity index (χ3n) is 9.28. The van der Waals surface area contributed by atoms with Crippen molar-refractivity contribution in [2.24, 2.45) is 5.92 Å². The van der Waals surface area contributed by atoms with E-state index in [9.17, 15) is 32.3 Å². The summed E-state index contributed by atoms with van der Waals surface area (Å²) in [5.74, 6) is -1.26. The summed E-state index contributed by atoms with van der Waals surface area (Å²) in [7, 11) is 0. The molecule has 1 aromatic carbocycles. The van der Waals surface area contributed by atoms with Crippen LogP contribution < -0.4 is 15.4 Å². The Morgan fingerprint density at radius 1 is 1.25 bits per heavy atom. The number of rotatable bonds is 6. The Bertz CT molecular complexity index is 1470. The van der Waals surface area contributed by atoms with Gasteiger partial charge in [0, 0.05) is 50.1 Å². The lowest BCUT2D eigenvalue weighted by Crippen LogP contribution is -2.51. The van der Waals surface area contributed by atoms with Gasteiger partial charge in [0.15, 0.2) is 0 Å². The summed E-state index contributed by atoms with van der Waals surface area (Å²) < 4.78 is 82.9. The molecule has 4 aliphatic heterocycles. The van der Waals surface area contributed by atoms with Crippen molar-refractivity contribution in [3.8, 4) is 12.1 Å². The molecule has 3 saturated heterocycles. The molecular weight excluding hydrogens is 587 g/mol. The molecule has 9 nitrogen and oxygen atoms in total. The highest BCUT2D eigenvalue weighted by Gasteiger charge is 2.49. The molecule has 5 heterocycles. The number of aliphatic hydroxyl groups is 1. The van der Waals surface area contributed by atoms with Crippen LogP contribution in [0.25, 0.3) is 0 Å². The normalized spacial score (nSPS) is 30.6. The predicted molar refractivity (Wildman–Crippen MR) is 149 cm³/mol. The van der Waals surface area contributed by atoms with Gasteiger partial charge >= 0.3 is 12.2 Å². The molecule has 4 aliphatic rings. The highest BCUT2D eigenvalue weighted by Crippen LogP contribution is 2.44. The van der Waals surface area contributed by atoms with Gasteiger partial charge in [0.1, 0.15) is 24.4 Å². The highest BCUT2D eigenvalue weighted by atomic mass is 19.4. The molecular formula is C30H35F5N6O3. The first-order valence-electron chi connectivity index (χ1n) is 14.8. The number of hydrogen-bond donors (Lipinski definition) is 2. The molecule has 3 fully saturated rings. The Morgan fingerprint density at radius 3 is 2.80 bits per heavy atom. The van der Waals surface area contributed by atoms with E-state index in [4.69, 9.17) is 15.2 Å². The quantitative estimate of drug-likeness (QED) is 0.355. The summed E-state index contributed by atoms with van der Waals surface area (Å²) in [6.07, 6.45) is -4.70. The van der Waals surface area contributed by atoms with Gasteiger partial charge in [-0.05, 0) is 56.3 Å². The maximum absolute atomic E-state index is 14.6. The Balaban J connectivity index is 1.37. The van der Waals surface area contributed by atoms with E-state index in [0.29, 0.717) is 49.1 Å². The number of benzene rings is 1. The number of halogens is 5. The first kappa shape index (κ1) is 30.7. The summed E-state index contributed by atoms with van der Waals surface area (Å²) in [4.78, 5) is 13.2. The van der Waals surface area contributed by atoms with Crippen LogP contribution in [-0.4, -0.2) is 70.1 Å². The van der Waals surface area contributed by atoms with E-state index in [1.807, 2.05) is 4.90 Å². The number of β-amino-alcohol motifs (C(OH)–C–C–N with tert-alkyl or cyclic N) is 1. The maximum atomic E-state index is 14.6. The zero-order chi connectivity index (χ0) is 31.4. The van der Waals surface area contributed by atoms with Crippen LogP contribution in [0.4, 0.5) is 33.5 Å². The van der Waals surface area contributed by atoms with Crippen molar-refractivity contribution < 1.29 is 36.5 Å². The van der Waals surface area contributed by atoms with Crippen LogP contribution >= 0.6 is 0 Å². The molecule has 6 rings (SSSR count). The van der Waals surface area contributed by atoms with Gasteiger partial charge in [-0.1, -0.05) is 0 Å². The first-order valence-corrected chi connectivity index (χ1v) is 14.8. The Hall–Kier alpha value is -3.28. The molecule has 0 spiro atoms. The van der Waals surface area contributed by atoms with E-state index < -0.39 is 46.5 Å². The van der Waals surface area contributed by atoms with E-state index in [2.05, 4.69) is 20.9 Å². The monoisotopic (exact) mass is 622 g/mol. The Kier molecular flexibility index (Phi) is 7.87. The average Bonchev–Trinajstić information content (AvgIpc) is 3.44. The Labute approximate surface area is 251 Å².